The molecule has 134 valence electrons. The number of hydrogen-bond acceptors (Lipinski definition) is 3. The fourth-order valence-electron chi connectivity index (χ4n) is 3.06. The van der Waals surface area contributed by atoms with Gasteiger partial charge in [-0.25, -0.2) is 0 Å². The Bertz CT molecular complexity index is 873. The smallest absolute Gasteiger partial charge is 0.261 e. The highest BCUT2D eigenvalue weighted by molar-refractivity contribution is 6.22. The lowest BCUT2D eigenvalue weighted by atomic mass is 10.1. The van der Waals surface area contributed by atoms with E-state index in [1.54, 1.807) is 12.1 Å². The average molecular weight is 350 g/mol. The Balaban J connectivity index is 1.73. The summed E-state index contributed by atoms with van der Waals surface area (Å²) in [5, 5.41) is 2.86. The van der Waals surface area contributed by atoms with Crippen LogP contribution in [-0.2, 0) is 6.54 Å². The predicted molar refractivity (Wildman–Crippen MR) is 99.1 cm³/mol. The lowest BCUT2D eigenvalue weighted by Gasteiger charge is -2.12. The topological polar surface area (TPSA) is 66.5 Å². The maximum Gasteiger partial charge on any atom is 0.261 e. The summed E-state index contributed by atoms with van der Waals surface area (Å²) in [6.45, 7) is 4.83. The second-order valence-corrected chi connectivity index (χ2v) is 6.55. The van der Waals surface area contributed by atoms with Crippen molar-refractivity contribution in [2.75, 3.05) is 6.54 Å². The molecule has 1 aliphatic rings. The number of carbonyl (C=O) groups excluding carboxylic acids is 3. The summed E-state index contributed by atoms with van der Waals surface area (Å²) in [6.07, 6.45) is 1.68. The number of hydrogen-bond donors (Lipinski definition) is 1. The van der Waals surface area contributed by atoms with Gasteiger partial charge in [-0.3, -0.25) is 19.3 Å². The van der Waals surface area contributed by atoms with Crippen molar-refractivity contribution in [2.24, 2.45) is 0 Å². The third-order valence-corrected chi connectivity index (χ3v) is 4.50. The summed E-state index contributed by atoms with van der Waals surface area (Å²) in [7, 11) is 0. The molecule has 1 N–H and O–H groups in total. The Morgan fingerprint density at radius 2 is 1.81 bits per heavy atom. The fraction of sp³-hybridized carbons (Fsp3) is 0.286. The van der Waals surface area contributed by atoms with Crippen LogP contribution in [-0.4, -0.2) is 29.2 Å². The number of imide groups is 1. The quantitative estimate of drug-likeness (QED) is 0.813. The second-order valence-electron chi connectivity index (χ2n) is 6.55. The lowest BCUT2D eigenvalue weighted by molar-refractivity contribution is 0.0652. The molecular formula is C21H22N2O3. The van der Waals surface area contributed by atoms with E-state index in [2.05, 4.69) is 5.32 Å². The normalized spacial score (nSPS) is 13.1. The van der Waals surface area contributed by atoms with Gasteiger partial charge in [0, 0.05) is 18.7 Å². The Morgan fingerprint density at radius 3 is 2.54 bits per heavy atom. The van der Waals surface area contributed by atoms with Crippen LogP contribution in [0.5, 0.6) is 0 Å². The van der Waals surface area contributed by atoms with Crippen molar-refractivity contribution in [1.29, 1.82) is 0 Å². The molecule has 0 aromatic heterocycles. The largest absolute Gasteiger partial charge is 0.348 e. The number of fused-ring (bicyclic) bond motifs is 1. The number of nitrogens with zero attached hydrogens (tertiary/aromatic N) is 1. The van der Waals surface area contributed by atoms with Crippen LogP contribution >= 0.6 is 0 Å². The van der Waals surface area contributed by atoms with Crippen molar-refractivity contribution in [3.8, 4) is 0 Å². The van der Waals surface area contributed by atoms with E-state index >= 15 is 0 Å². The van der Waals surface area contributed by atoms with Gasteiger partial charge in [0.15, 0.2) is 0 Å². The van der Waals surface area contributed by atoms with E-state index in [4.69, 9.17) is 0 Å². The number of aryl methyl sites for hydroxylation is 1. The third-order valence-electron chi connectivity index (χ3n) is 4.50. The standard InChI is InChI=1S/C21H22N2O3/c1-3-4-10-23-20(25)17-9-8-16(12-18(17)21(23)26)19(24)22-13-15-7-5-6-14(2)11-15/h5-9,11-12H,3-4,10,13H2,1-2H3,(H,22,24). The molecule has 0 fully saturated rings. The monoisotopic (exact) mass is 350 g/mol. The van der Waals surface area contributed by atoms with Crippen molar-refractivity contribution in [3.63, 3.8) is 0 Å². The maximum absolute atomic E-state index is 12.5. The molecule has 1 aliphatic heterocycles. The first kappa shape index (κ1) is 17.9. The molecule has 26 heavy (non-hydrogen) atoms. The molecule has 3 amide bonds. The maximum atomic E-state index is 12.5. The molecule has 3 rings (SSSR count). The van der Waals surface area contributed by atoms with Gasteiger partial charge in [-0.2, -0.15) is 0 Å². The summed E-state index contributed by atoms with van der Waals surface area (Å²) in [5.74, 6) is -0.849. The highest BCUT2D eigenvalue weighted by atomic mass is 16.2. The molecule has 2 aromatic carbocycles. The molecule has 0 spiro atoms. The van der Waals surface area contributed by atoms with Crippen molar-refractivity contribution < 1.29 is 14.4 Å². The minimum Gasteiger partial charge on any atom is -0.348 e. The average Bonchev–Trinajstić information content (AvgIpc) is 2.88. The Labute approximate surface area is 153 Å². The molecule has 5 heteroatoms. The van der Waals surface area contributed by atoms with Crippen LogP contribution < -0.4 is 5.32 Å². The Kier molecular flexibility index (Phi) is 5.16. The molecule has 0 unspecified atom stereocenters. The van der Waals surface area contributed by atoms with E-state index in [0.29, 0.717) is 29.8 Å². The van der Waals surface area contributed by atoms with Gasteiger partial charge in [-0.1, -0.05) is 43.2 Å². The third kappa shape index (κ3) is 3.52. The fourth-order valence-corrected chi connectivity index (χ4v) is 3.06. The molecule has 0 saturated carbocycles. The van der Waals surface area contributed by atoms with Crippen LogP contribution in [0.1, 0.15) is 62.0 Å². The highest BCUT2D eigenvalue weighted by Gasteiger charge is 2.35. The molecule has 0 atom stereocenters. The number of unbranched alkanes of at least 4 members (excludes halogenated alkanes) is 1. The van der Waals surface area contributed by atoms with Gasteiger partial charge in [0.25, 0.3) is 17.7 Å². The van der Waals surface area contributed by atoms with E-state index in [-0.39, 0.29) is 17.7 Å². The number of nitrogens with one attached hydrogen (secondary N) is 1. The zero-order chi connectivity index (χ0) is 18.7. The predicted octanol–water partition coefficient (Wildman–Crippen LogP) is 3.32. The molecule has 0 bridgehead atoms. The molecule has 0 aliphatic carbocycles. The van der Waals surface area contributed by atoms with Crippen LogP contribution in [0.4, 0.5) is 0 Å². The summed E-state index contributed by atoms with van der Waals surface area (Å²) in [5.41, 5.74) is 3.22. The van der Waals surface area contributed by atoms with Gasteiger partial charge in [-0.05, 0) is 37.1 Å². The van der Waals surface area contributed by atoms with Crippen LogP contribution in [0.2, 0.25) is 0 Å². The van der Waals surface area contributed by atoms with Crippen molar-refractivity contribution in [1.82, 2.24) is 10.2 Å². The number of amides is 3. The first-order valence-electron chi connectivity index (χ1n) is 8.85. The van der Waals surface area contributed by atoms with Gasteiger partial charge >= 0.3 is 0 Å². The lowest BCUT2D eigenvalue weighted by Crippen LogP contribution is -2.30. The molecule has 5 nitrogen and oxygen atoms in total. The number of benzene rings is 2. The summed E-state index contributed by atoms with van der Waals surface area (Å²) >= 11 is 0. The summed E-state index contributed by atoms with van der Waals surface area (Å²) < 4.78 is 0. The minimum absolute atomic E-state index is 0.262. The van der Waals surface area contributed by atoms with Crippen molar-refractivity contribution in [2.45, 2.75) is 33.2 Å². The molecule has 0 radical (unpaired) electrons. The highest BCUT2D eigenvalue weighted by Crippen LogP contribution is 2.24. The van der Waals surface area contributed by atoms with E-state index < -0.39 is 0 Å². The van der Waals surface area contributed by atoms with Crippen molar-refractivity contribution in [3.05, 3.63) is 70.3 Å². The Hall–Kier alpha value is -2.95. The SMILES string of the molecule is CCCCN1C(=O)c2ccc(C(=O)NCc3cccc(C)c3)cc2C1=O. The van der Waals surface area contributed by atoms with Crippen LogP contribution in [0.15, 0.2) is 42.5 Å². The van der Waals surface area contributed by atoms with Gasteiger partial charge in [0.1, 0.15) is 0 Å². The molecule has 2 aromatic rings. The van der Waals surface area contributed by atoms with E-state index in [1.165, 1.54) is 11.0 Å². The van der Waals surface area contributed by atoms with Gasteiger partial charge < -0.3 is 5.32 Å². The Morgan fingerprint density at radius 1 is 1.04 bits per heavy atom. The van der Waals surface area contributed by atoms with Crippen LogP contribution in [0.3, 0.4) is 0 Å². The zero-order valence-corrected chi connectivity index (χ0v) is 15.0. The summed E-state index contributed by atoms with van der Waals surface area (Å²) in [6, 6.07) is 12.6. The van der Waals surface area contributed by atoms with Gasteiger partial charge in [0.2, 0.25) is 0 Å². The zero-order valence-electron chi connectivity index (χ0n) is 15.0. The van der Waals surface area contributed by atoms with E-state index in [1.807, 2.05) is 38.1 Å². The molecule has 1 heterocycles. The van der Waals surface area contributed by atoms with Crippen LogP contribution in [0, 0.1) is 6.92 Å². The van der Waals surface area contributed by atoms with Gasteiger partial charge in [-0.15, -0.1) is 0 Å². The number of rotatable bonds is 6. The second kappa shape index (κ2) is 7.52. The van der Waals surface area contributed by atoms with E-state index in [0.717, 1.165) is 24.0 Å². The first-order chi connectivity index (χ1) is 12.5. The van der Waals surface area contributed by atoms with E-state index in [9.17, 15) is 14.4 Å². The molecular weight excluding hydrogens is 328 g/mol. The molecule has 0 saturated heterocycles. The minimum atomic E-state index is -0.313. The van der Waals surface area contributed by atoms with Crippen molar-refractivity contribution >= 4 is 17.7 Å². The number of carbonyl (C=O) groups is 3. The first-order valence-corrected chi connectivity index (χ1v) is 8.85. The van der Waals surface area contributed by atoms with Crippen LogP contribution in [0.25, 0.3) is 0 Å². The van der Waals surface area contributed by atoms with Gasteiger partial charge in [0.05, 0.1) is 11.1 Å². The summed E-state index contributed by atoms with van der Waals surface area (Å²) in [4.78, 5) is 38.5.